The molecule has 2 heterocycles. The molecule has 0 radical (unpaired) electrons. The van der Waals surface area contributed by atoms with Gasteiger partial charge in [-0.2, -0.15) is 8.42 Å². The summed E-state index contributed by atoms with van der Waals surface area (Å²) in [6.07, 6.45) is 7.25. The van der Waals surface area contributed by atoms with Gasteiger partial charge in [-0.1, -0.05) is 12.1 Å². The van der Waals surface area contributed by atoms with E-state index in [4.69, 9.17) is 4.55 Å². The predicted molar refractivity (Wildman–Crippen MR) is 87.9 cm³/mol. The third-order valence-electron chi connectivity index (χ3n) is 2.39. The second-order valence-corrected chi connectivity index (χ2v) is 5.56. The maximum Gasteiger partial charge on any atom is 0.294 e. The number of nitro benzene ring substituents is 1. The van der Waals surface area contributed by atoms with E-state index in [1.807, 2.05) is 42.7 Å². The van der Waals surface area contributed by atoms with Crippen molar-refractivity contribution in [3.8, 4) is 0 Å². The maximum atomic E-state index is 10.5. The average Bonchev–Trinajstić information content (AvgIpc) is 3.16. The zero-order valence-electron chi connectivity index (χ0n) is 12.4. The standard InChI is InChI=1S/C6H5NO5S.C5H5N.C4H5N/c8-7(9)5-2-1-3-6(4-5)13(10,11)12;1-2-4-6-5-3-1;1-2-4-5-3-1/h1-4H,(H,10,11,12);1-5H;1-5H. The predicted octanol–water partition coefficient (Wildman–Crippen LogP) is 2.94. The Morgan fingerprint density at radius 1 is 1.00 bits per heavy atom. The van der Waals surface area contributed by atoms with Gasteiger partial charge in [-0.05, 0) is 30.3 Å². The number of H-pyrrole nitrogens is 1. The first kappa shape index (κ1) is 19.0. The number of aromatic nitrogens is 2. The van der Waals surface area contributed by atoms with Crippen LogP contribution in [0.4, 0.5) is 5.69 Å². The largest absolute Gasteiger partial charge is 0.368 e. The van der Waals surface area contributed by atoms with E-state index in [1.165, 1.54) is 6.07 Å². The van der Waals surface area contributed by atoms with E-state index in [2.05, 4.69) is 9.97 Å². The van der Waals surface area contributed by atoms with Crippen molar-refractivity contribution in [3.05, 3.63) is 89.5 Å². The van der Waals surface area contributed by atoms with Gasteiger partial charge >= 0.3 is 0 Å². The van der Waals surface area contributed by atoms with Crippen molar-refractivity contribution >= 4 is 15.8 Å². The molecule has 1 aromatic carbocycles. The minimum Gasteiger partial charge on any atom is -0.368 e. The molecule has 0 atom stereocenters. The second-order valence-electron chi connectivity index (χ2n) is 4.14. The molecule has 0 spiro atoms. The molecule has 0 aliphatic heterocycles. The zero-order chi connectivity index (χ0) is 17.8. The molecular formula is C15H15N3O5S. The minimum atomic E-state index is -4.36. The van der Waals surface area contributed by atoms with Crippen LogP contribution in [0, 0.1) is 10.1 Å². The van der Waals surface area contributed by atoms with Gasteiger partial charge in [-0.3, -0.25) is 19.7 Å². The molecule has 24 heavy (non-hydrogen) atoms. The third kappa shape index (κ3) is 7.82. The first-order valence-electron chi connectivity index (χ1n) is 6.56. The number of hydrogen-bond acceptors (Lipinski definition) is 5. The molecule has 3 rings (SSSR count). The lowest BCUT2D eigenvalue weighted by Crippen LogP contribution is -1.98. The van der Waals surface area contributed by atoms with Crippen molar-refractivity contribution in [2.45, 2.75) is 4.90 Å². The van der Waals surface area contributed by atoms with Crippen LogP contribution in [0.1, 0.15) is 0 Å². The SMILES string of the molecule is O=[N+]([O-])c1cccc(S(=O)(=O)O)c1.c1cc[nH]c1.c1ccncc1. The topological polar surface area (TPSA) is 126 Å². The number of aromatic amines is 1. The number of pyridine rings is 1. The van der Waals surface area contributed by atoms with Crippen LogP contribution in [0.5, 0.6) is 0 Å². The summed E-state index contributed by atoms with van der Waals surface area (Å²) in [6.45, 7) is 0. The molecule has 2 N–H and O–H groups in total. The lowest BCUT2D eigenvalue weighted by molar-refractivity contribution is -0.385. The molecule has 0 aliphatic rings. The molecule has 8 nitrogen and oxygen atoms in total. The zero-order valence-corrected chi connectivity index (χ0v) is 13.2. The van der Waals surface area contributed by atoms with E-state index in [1.54, 1.807) is 12.4 Å². The molecule has 0 saturated carbocycles. The molecule has 0 amide bonds. The maximum absolute atomic E-state index is 10.5. The number of rotatable bonds is 2. The number of non-ortho nitro benzene ring substituents is 1. The number of nitro groups is 1. The van der Waals surface area contributed by atoms with Gasteiger partial charge in [0.2, 0.25) is 0 Å². The van der Waals surface area contributed by atoms with Crippen molar-refractivity contribution in [2.75, 3.05) is 0 Å². The Labute approximate surface area is 138 Å². The van der Waals surface area contributed by atoms with Crippen molar-refractivity contribution in [3.63, 3.8) is 0 Å². The Bertz CT molecular complexity index is 777. The highest BCUT2D eigenvalue weighted by molar-refractivity contribution is 7.85. The molecule has 3 aromatic rings. The molecule has 2 aromatic heterocycles. The Balaban J connectivity index is 0.000000213. The highest BCUT2D eigenvalue weighted by Crippen LogP contribution is 2.16. The molecule has 0 bridgehead atoms. The van der Waals surface area contributed by atoms with Crippen LogP contribution in [0.3, 0.4) is 0 Å². The fourth-order valence-corrected chi connectivity index (χ4v) is 1.87. The summed E-state index contributed by atoms with van der Waals surface area (Å²) in [5.74, 6) is 0. The summed E-state index contributed by atoms with van der Waals surface area (Å²) in [5.41, 5.74) is -0.380. The Kier molecular flexibility index (Phi) is 7.82. The lowest BCUT2D eigenvalue weighted by Gasteiger charge is -1.95. The number of nitrogens with zero attached hydrogens (tertiary/aromatic N) is 2. The third-order valence-corrected chi connectivity index (χ3v) is 3.24. The van der Waals surface area contributed by atoms with Gasteiger partial charge in [0.15, 0.2) is 0 Å². The molecule has 0 saturated heterocycles. The van der Waals surface area contributed by atoms with Crippen LogP contribution in [0.15, 0.2) is 84.3 Å². The summed E-state index contributed by atoms with van der Waals surface area (Å²) in [5, 5.41) is 10.2. The monoisotopic (exact) mass is 349 g/mol. The van der Waals surface area contributed by atoms with Crippen molar-refractivity contribution in [2.24, 2.45) is 0 Å². The van der Waals surface area contributed by atoms with Gasteiger partial charge in [0.05, 0.1) is 4.92 Å². The molecule has 0 unspecified atom stereocenters. The van der Waals surface area contributed by atoms with E-state index >= 15 is 0 Å². The van der Waals surface area contributed by atoms with Gasteiger partial charge in [0, 0.05) is 36.9 Å². The first-order valence-corrected chi connectivity index (χ1v) is 8.00. The summed E-state index contributed by atoms with van der Waals surface area (Å²) < 4.78 is 29.6. The number of benzene rings is 1. The Hall–Kier alpha value is -3.04. The quantitative estimate of drug-likeness (QED) is 0.416. The van der Waals surface area contributed by atoms with Crippen molar-refractivity contribution in [1.29, 1.82) is 0 Å². The Morgan fingerprint density at radius 2 is 1.62 bits per heavy atom. The normalized spacial score (nSPS) is 9.71. The van der Waals surface area contributed by atoms with Gasteiger partial charge in [0.25, 0.3) is 15.8 Å². The Morgan fingerprint density at radius 3 is 1.96 bits per heavy atom. The average molecular weight is 349 g/mol. The molecule has 9 heteroatoms. The van der Waals surface area contributed by atoms with Crippen LogP contribution < -0.4 is 0 Å². The van der Waals surface area contributed by atoms with Crippen molar-refractivity contribution < 1.29 is 17.9 Å². The van der Waals surface area contributed by atoms with Crippen molar-refractivity contribution in [1.82, 2.24) is 9.97 Å². The highest BCUT2D eigenvalue weighted by Gasteiger charge is 2.13. The van der Waals surface area contributed by atoms with E-state index < -0.39 is 19.9 Å². The van der Waals surface area contributed by atoms with Gasteiger partial charge in [0.1, 0.15) is 4.90 Å². The lowest BCUT2D eigenvalue weighted by atomic mass is 10.3. The van der Waals surface area contributed by atoms with Crippen LogP contribution in [-0.2, 0) is 10.1 Å². The summed E-state index contributed by atoms with van der Waals surface area (Å²) in [6, 6.07) is 13.8. The van der Waals surface area contributed by atoms with Crippen LogP contribution >= 0.6 is 0 Å². The highest BCUT2D eigenvalue weighted by atomic mass is 32.2. The van der Waals surface area contributed by atoms with Gasteiger partial charge in [-0.15, -0.1) is 0 Å². The molecule has 0 aliphatic carbocycles. The van der Waals surface area contributed by atoms with E-state index in [0.717, 1.165) is 18.2 Å². The van der Waals surface area contributed by atoms with E-state index in [-0.39, 0.29) is 5.69 Å². The molecular weight excluding hydrogens is 334 g/mol. The fourth-order valence-electron chi connectivity index (χ4n) is 1.35. The van der Waals surface area contributed by atoms with E-state index in [0.29, 0.717) is 0 Å². The van der Waals surface area contributed by atoms with E-state index in [9.17, 15) is 18.5 Å². The molecule has 0 fully saturated rings. The van der Waals surface area contributed by atoms with Crippen LogP contribution in [0.25, 0.3) is 0 Å². The summed E-state index contributed by atoms with van der Waals surface area (Å²) in [4.78, 5) is 15.6. The smallest absolute Gasteiger partial charge is 0.294 e. The first-order chi connectivity index (χ1) is 11.4. The molecule has 126 valence electrons. The van der Waals surface area contributed by atoms with Gasteiger partial charge < -0.3 is 4.98 Å². The number of hydrogen-bond donors (Lipinski definition) is 2. The minimum absolute atomic E-state index is 0.380. The summed E-state index contributed by atoms with van der Waals surface area (Å²) >= 11 is 0. The number of nitrogens with one attached hydrogen (secondary N) is 1. The fraction of sp³-hybridized carbons (Fsp3) is 0. The van der Waals surface area contributed by atoms with Crippen LogP contribution in [0.2, 0.25) is 0 Å². The second kappa shape index (κ2) is 9.87. The van der Waals surface area contributed by atoms with Crippen LogP contribution in [-0.4, -0.2) is 27.9 Å². The van der Waals surface area contributed by atoms with Gasteiger partial charge in [-0.25, -0.2) is 0 Å². The summed E-state index contributed by atoms with van der Waals surface area (Å²) in [7, 11) is -4.36.